The molecule has 0 amide bonds. The molecule has 1 atom stereocenters. The molecule has 1 aliphatic heterocycles. The second-order valence-electron chi connectivity index (χ2n) is 3.08. The highest BCUT2D eigenvalue weighted by Crippen LogP contribution is 2.11. The first-order valence-electron chi connectivity index (χ1n) is 4.46. The summed E-state index contributed by atoms with van der Waals surface area (Å²) in [4.78, 5) is 0. The number of ether oxygens (including phenoxy) is 1. The second kappa shape index (κ2) is 4.99. The van der Waals surface area contributed by atoms with Crippen molar-refractivity contribution in [3.63, 3.8) is 0 Å². The highest BCUT2D eigenvalue weighted by molar-refractivity contribution is 5.13. The van der Waals surface area contributed by atoms with Crippen molar-refractivity contribution < 1.29 is 9.84 Å². The molecule has 0 fully saturated rings. The maximum Gasteiger partial charge on any atom is 0.114 e. The topological polar surface area (TPSA) is 29.5 Å². The van der Waals surface area contributed by atoms with Crippen LogP contribution >= 0.6 is 0 Å². The van der Waals surface area contributed by atoms with E-state index < -0.39 is 0 Å². The molecule has 68 valence electrons. The molecule has 2 heteroatoms. The summed E-state index contributed by atoms with van der Waals surface area (Å²) in [7, 11) is 0. The van der Waals surface area contributed by atoms with Crippen LogP contribution in [0.4, 0.5) is 0 Å². The lowest BCUT2D eigenvalue weighted by molar-refractivity contribution is 0.196. The van der Waals surface area contributed by atoms with Gasteiger partial charge in [-0.1, -0.05) is 6.08 Å². The molecular weight excluding hydrogens is 152 g/mol. The average Bonchev–Trinajstić information content (AvgIpc) is 2.05. The van der Waals surface area contributed by atoms with Gasteiger partial charge in [-0.3, -0.25) is 0 Å². The van der Waals surface area contributed by atoms with Crippen LogP contribution in [0.3, 0.4) is 0 Å². The Morgan fingerprint density at radius 1 is 1.75 bits per heavy atom. The van der Waals surface area contributed by atoms with Crippen LogP contribution in [0.1, 0.15) is 26.2 Å². The van der Waals surface area contributed by atoms with E-state index >= 15 is 0 Å². The largest absolute Gasteiger partial charge is 0.494 e. The van der Waals surface area contributed by atoms with Crippen LogP contribution in [0, 0.1) is 0 Å². The first-order chi connectivity index (χ1) is 5.79. The van der Waals surface area contributed by atoms with E-state index in [-0.39, 0.29) is 6.10 Å². The molecule has 0 aromatic carbocycles. The molecule has 0 saturated heterocycles. The third kappa shape index (κ3) is 3.58. The first-order valence-corrected chi connectivity index (χ1v) is 4.46. The van der Waals surface area contributed by atoms with Crippen molar-refractivity contribution in [1.29, 1.82) is 0 Å². The number of hydrogen-bond donors (Lipinski definition) is 1. The standard InChI is InChI=1S/C10H16O2/c1-9(11)5-4-7-10-6-2-3-8-12-10/h4,6-7,9,11H,2-3,5,8H2,1H3/b7-4-/t9-/m1/s1. The minimum atomic E-state index is -0.259. The summed E-state index contributed by atoms with van der Waals surface area (Å²) in [6.45, 7) is 2.60. The van der Waals surface area contributed by atoms with Crippen LogP contribution in [-0.4, -0.2) is 17.8 Å². The van der Waals surface area contributed by atoms with Gasteiger partial charge in [0, 0.05) is 0 Å². The van der Waals surface area contributed by atoms with Crippen molar-refractivity contribution in [2.24, 2.45) is 0 Å². The highest BCUT2D eigenvalue weighted by Gasteiger charge is 1.99. The lowest BCUT2D eigenvalue weighted by Gasteiger charge is -2.11. The fourth-order valence-electron chi connectivity index (χ4n) is 1.07. The van der Waals surface area contributed by atoms with Gasteiger partial charge < -0.3 is 9.84 Å². The molecule has 1 aliphatic rings. The van der Waals surface area contributed by atoms with E-state index in [0.717, 1.165) is 25.2 Å². The lowest BCUT2D eigenvalue weighted by atomic mass is 10.2. The minimum Gasteiger partial charge on any atom is -0.494 e. The van der Waals surface area contributed by atoms with Gasteiger partial charge in [0.2, 0.25) is 0 Å². The number of aliphatic hydroxyl groups is 1. The number of allylic oxidation sites excluding steroid dienone is 2. The van der Waals surface area contributed by atoms with Crippen molar-refractivity contribution in [2.75, 3.05) is 6.61 Å². The summed E-state index contributed by atoms with van der Waals surface area (Å²) >= 11 is 0. The Morgan fingerprint density at radius 3 is 3.17 bits per heavy atom. The van der Waals surface area contributed by atoms with E-state index in [1.54, 1.807) is 6.92 Å². The summed E-state index contributed by atoms with van der Waals surface area (Å²) in [6.07, 6.45) is 8.63. The third-order valence-electron chi connectivity index (χ3n) is 1.72. The summed E-state index contributed by atoms with van der Waals surface area (Å²) in [5.74, 6) is 0.946. The zero-order valence-corrected chi connectivity index (χ0v) is 7.49. The van der Waals surface area contributed by atoms with Crippen LogP contribution in [0.5, 0.6) is 0 Å². The predicted octanol–water partition coefficient (Wildman–Crippen LogP) is 2.01. The molecule has 0 unspecified atom stereocenters. The Labute approximate surface area is 73.5 Å². The van der Waals surface area contributed by atoms with Gasteiger partial charge in [0.15, 0.2) is 0 Å². The van der Waals surface area contributed by atoms with Crippen LogP contribution in [0.25, 0.3) is 0 Å². The molecule has 0 saturated carbocycles. The van der Waals surface area contributed by atoms with Gasteiger partial charge in [0.25, 0.3) is 0 Å². The maximum atomic E-state index is 8.97. The Hall–Kier alpha value is -0.760. The van der Waals surface area contributed by atoms with Crippen LogP contribution in [0.2, 0.25) is 0 Å². The van der Waals surface area contributed by atoms with E-state index in [2.05, 4.69) is 6.08 Å². The fourth-order valence-corrected chi connectivity index (χ4v) is 1.07. The van der Waals surface area contributed by atoms with Crippen LogP contribution < -0.4 is 0 Å². The van der Waals surface area contributed by atoms with E-state index in [0.29, 0.717) is 6.42 Å². The van der Waals surface area contributed by atoms with E-state index in [1.807, 2.05) is 12.2 Å². The van der Waals surface area contributed by atoms with E-state index in [9.17, 15) is 0 Å². The fraction of sp³-hybridized carbons (Fsp3) is 0.600. The SMILES string of the molecule is C[C@@H](O)C/C=C\C1=CCCCO1. The zero-order valence-electron chi connectivity index (χ0n) is 7.49. The third-order valence-corrected chi connectivity index (χ3v) is 1.72. The molecule has 0 aromatic heterocycles. The van der Waals surface area contributed by atoms with Crippen molar-refractivity contribution >= 4 is 0 Å². The Balaban J connectivity index is 2.29. The van der Waals surface area contributed by atoms with Crippen LogP contribution in [-0.2, 0) is 4.74 Å². The van der Waals surface area contributed by atoms with Gasteiger partial charge in [-0.05, 0) is 38.3 Å². The molecule has 1 heterocycles. The Kier molecular flexibility index (Phi) is 3.88. The van der Waals surface area contributed by atoms with Crippen LogP contribution in [0.15, 0.2) is 24.0 Å². The molecule has 2 nitrogen and oxygen atoms in total. The van der Waals surface area contributed by atoms with Crippen molar-refractivity contribution in [3.8, 4) is 0 Å². The van der Waals surface area contributed by atoms with Gasteiger partial charge in [-0.2, -0.15) is 0 Å². The molecule has 0 bridgehead atoms. The van der Waals surface area contributed by atoms with Gasteiger partial charge in [-0.15, -0.1) is 0 Å². The lowest BCUT2D eigenvalue weighted by Crippen LogP contribution is -1.99. The quantitative estimate of drug-likeness (QED) is 0.698. The molecule has 0 aliphatic carbocycles. The molecule has 1 N–H and O–H groups in total. The predicted molar refractivity (Wildman–Crippen MR) is 48.7 cm³/mol. The van der Waals surface area contributed by atoms with Crippen molar-refractivity contribution in [2.45, 2.75) is 32.3 Å². The number of hydrogen-bond acceptors (Lipinski definition) is 2. The molecule has 0 radical (unpaired) electrons. The summed E-state index contributed by atoms with van der Waals surface area (Å²) in [5.41, 5.74) is 0. The molecule has 12 heavy (non-hydrogen) atoms. The van der Waals surface area contributed by atoms with E-state index in [4.69, 9.17) is 9.84 Å². The minimum absolute atomic E-state index is 0.259. The summed E-state index contributed by atoms with van der Waals surface area (Å²) in [5, 5.41) is 8.97. The summed E-state index contributed by atoms with van der Waals surface area (Å²) < 4.78 is 5.35. The van der Waals surface area contributed by atoms with Gasteiger partial charge in [0.1, 0.15) is 5.76 Å². The smallest absolute Gasteiger partial charge is 0.114 e. The van der Waals surface area contributed by atoms with Gasteiger partial charge in [-0.25, -0.2) is 0 Å². The molecule has 0 aromatic rings. The van der Waals surface area contributed by atoms with Gasteiger partial charge >= 0.3 is 0 Å². The first kappa shape index (κ1) is 9.33. The normalized spacial score (nSPS) is 20.3. The Morgan fingerprint density at radius 2 is 2.58 bits per heavy atom. The Bertz CT molecular complexity index is 180. The van der Waals surface area contributed by atoms with Crippen molar-refractivity contribution in [1.82, 2.24) is 0 Å². The molecule has 0 spiro atoms. The van der Waals surface area contributed by atoms with Crippen molar-refractivity contribution in [3.05, 3.63) is 24.0 Å². The zero-order chi connectivity index (χ0) is 8.81. The molecule has 1 rings (SSSR count). The highest BCUT2D eigenvalue weighted by atomic mass is 16.5. The maximum absolute atomic E-state index is 8.97. The summed E-state index contributed by atoms with van der Waals surface area (Å²) in [6, 6.07) is 0. The number of rotatable bonds is 3. The molecular formula is C10H16O2. The van der Waals surface area contributed by atoms with E-state index in [1.165, 1.54) is 0 Å². The second-order valence-corrected chi connectivity index (χ2v) is 3.08. The van der Waals surface area contributed by atoms with Gasteiger partial charge in [0.05, 0.1) is 12.7 Å². The number of aliphatic hydroxyl groups excluding tert-OH is 1. The monoisotopic (exact) mass is 168 g/mol. The average molecular weight is 168 g/mol.